The molecule has 218 valence electrons. The number of hydrogen-bond donors (Lipinski definition) is 2. The highest BCUT2D eigenvalue weighted by molar-refractivity contribution is 9.10. The first-order chi connectivity index (χ1) is 19.5. The largest absolute Gasteiger partial charge is 0.495 e. The molecular formula is C32H38BrClN4O3. The van der Waals surface area contributed by atoms with Gasteiger partial charge in [0.05, 0.1) is 24.3 Å². The van der Waals surface area contributed by atoms with Crippen LogP contribution in [0.5, 0.6) is 5.75 Å². The van der Waals surface area contributed by atoms with Crippen LogP contribution in [0.2, 0.25) is 0 Å². The Morgan fingerprint density at radius 2 is 1.61 bits per heavy atom. The van der Waals surface area contributed by atoms with Crippen molar-refractivity contribution in [3.05, 3.63) is 94.5 Å². The number of ether oxygens (including phenoxy) is 1. The fourth-order valence-electron chi connectivity index (χ4n) is 5.91. The first kappa shape index (κ1) is 30.9. The van der Waals surface area contributed by atoms with Crippen LogP contribution in [-0.2, 0) is 11.3 Å². The first-order valence-corrected chi connectivity index (χ1v) is 14.8. The maximum Gasteiger partial charge on any atom is 0.319 e. The quantitative estimate of drug-likeness (QED) is 0.275. The van der Waals surface area contributed by atoms with E-state index in [1.54, 1.807) is 7.11 Å². The number of para-hydroxylation sites is 2. The summed E-state index contributed by atoms with van der Waals surface area (Å²) in [6.07, 6.45) is 3.49. The van der Waals surface area contributed by atoms with Gasteiger partial charge in [-0.25, -0.2) is 4.79 Å². The summed E-state index contributed by atoms with van der Waals surface area (Å²) < 4.78 is 6.42. The van der Waals surface area contributed by atoms with E-state index < -0.39 is 0 Å². The number of nitrogens with zero attached hydrogens (tertiary/aromatic N) is 2. The Balaban J connectivity index is 0.00000387. The molecule has 1 unspecified atom stereocenters. The second-order valence-corrected chi connectivity index (χ2v) is 11.7. The lowest BCUT2D eigenvalue weighted by molar-refractivity contribution is -0.138. The number of carbonyl (C=O) groups is 2. The highest BCUT2D eigenvalue weighted by Crippen LogP contribution is 2.42. The van der Waals surface area contributed by atoms with Gasteiger partial charge in [-0.2, -0.15) is 0 Å². The molecule has 0 aromatic heterocycles. The number of halogens is 2. The number of piperidine rings is 1. The summed E-state index contributed by atoms with van der Waals surface area (Å²) in [5, 5.41) is 6.09. The lowest BCUT2D eigenvalue weighted by atomic mass is 9.77. The van der Waals surface area contributed by atoms with Crippen molar-refractivity contribution in [3.63, 3.8) is 0 Å². The van der Waals surface area contributed by atoms with Gasteiger partial charge in [-0.05, 0) is 74.2 Å². The topological polar surface area (TPSA) is 73.9 Å². The van der Waals surface area contributed by atoms with Gasteiger partial charge in [-0.15, -0.1) is 12.4 Å². The third-order valence-electron chi connectivity index (χ3n) is 8.30. The summed E-state index contributed by atoms with van der Waals surface area (Å²) >= 11 is 3.48. The van der Waals surface area contributed by atoms with E-state index in [1.807, 2.05) is 59.5 Å². The molecule has 2 heterocycles. The van der Waals surface area contributed by atoms with Crippen molar-refractivity contribution in [1.29, 1.82) is 0 Å². The van der Waals surface area contributed by atoms with Gasteiger partial charge in [0.2, 0.25) is 5.91 Å². The lowest BCUT2D eigenvalue weighted by Gasteiger charge is -2.38. The molecule has 2 saturated heterocycles. The van der Waals surface area contributed by atoms with Gasteiger partial charge in [0.15, 0.2) is 0 Å². The van der Waals surface area contributed by atoms with Crippen LogP contribution in [0.3, 0.4) is 0 Å². The van der Waals surface area contributed by atoms with E-state index in [0.717, 1.165) is 61.9 Å². The van der Waals surface area contributed by atoms with Crippen LogP contribution in [-0.4, -0.2) is 55.0 Å². The second kappa shape index (κ2) is 14.2. The van der Waals surface area contributed by atoms with Gasteiger partial charge >= 0.3 is 6.03 Å². The summed E-state index contributed by atoms with van der Waals surface area (Å²) in [5.74, 6) is 0.930. The van der Waals surface area contributed by atoms with Crippen LogP contribution in [0.25, 0.3) is 0 Å². The number of benzene rings is 3. The molecule has 1 spiro atoms. The number of hydrogen-bond acceptors (Lipinski definition) is 4. The maximum atomic E-state index is 13.5. The van der Waals surface area contributed by atoms with Crippen LogP contribution in [0.1, 0.15) is 42.9 Å². The van der Waals surface area contributed by atoms with Gasteiger partial charge in [-0.1, -0.05) is 70.5 Å². The number of likely N-dealkylation sites (tertiary alicyclic amines) is 2. The molecule has 41 heavy (non-hydrogen) atoms. The van der Waals surface area contributed by atoms with Crippen molar-refractivity contribution >= 4 is 46.0 Å². The molecule has 3 amide bonds. The summed E-state index contributed by atoms with van der Waals surface area (Å²) in [6, 6.07) is 25.3. The number of anilines is 1. The molecule has 0 bridgehead atoms. The minimum absolute atomic E-state index is 0. The molecule has 3 aromatic rings. The molecule has 9 heteroatoms. The molecule has 2 fully saturated rings. The zero-order valence-corrected chi connectivity index (χ0v) is 25.8. The molecule has 3 aromatic carbocycles. The molecule has 2 aliphatic heterocycles. The van der Waals surface area contributed by atoms with E-state index >= 15 is 0 Å². The minimum atomic E-state index is -0.265. The SMILES string of the molecule is COc1ccccc1NC(=O)NC(CCN1CCC2(CC1)CCN(Cc1ccc(Br)cc1)C2=O)c1ccccc1.Cl. The minimum Gasteiger partial charge on any atom is -0.495 e. The summed E-state index contributed by atoms with van der Waals surface area (Å²) in [4.78, 5) is 30.9. The zero-order valence-electron chi connectivity index (χ0n) is 23.4. The van der Waals surface area contributed by atoms with E-state index in [2.05, 4.69) is 55.7 Å². The van der Waals surface area contributed by atoms with E-state index in [-0.39, 0.29) is 29.9 Å². The van der Waals surface area contributed by atoms with Crippen LogP contribution in [0.4, 0.5) is 10.5 Å². The Bertz CT molecular complexity index is 1300. The van der Waals surface area contributed by atoms with Crippen LogP contribution in [0.15, 0.2) is 83.3 Å². The Kier molecular flexibility index (Phi) is 10.7. The average molecular weight is 642 g/mol. The standard InChI is InChI=1S/C32H37BrN4O3.ClH/c1-40-29-10-6-5-9-28(29)35-31(39)34-27(25-7-3-2-4-8-25)15-19-36-20-16-32(17-21-36)18-22-37(30(32)38)23-24-11-13-26(33)14-12-24;/h2-14,27H,15-23H2,1H3,(H2,34,35,39);1H. The van der Waals surface area contributed by atoms with Gasteiger partial charge in [-0.3, -0.25) is 4.79 Å². The number of methoxy groups -OCH3 is 1. The molecule has 0 aliphatic carbocycles. The Morgan fingerprint density at radius 1 is 0.951 bits per heavy atom. The Morgan fingerprint density at radius 3 is 2.32 bits per heavy atom. The highest BCUT2D eigenvalue weighted by Gasteiger charge is 2.47. The lowest BCUT2D eigenvalue weighted by Crippen LogP contribution is -2.45. The molecule has 2 aliphatic rings. The fraction of sp³-hybridized carbons (Fsp3) is 0.375. The molecule has 0 saturated carbocycles. The van der Waals surface area contributed by atoms with Gasteiger partial charge in [0.25, 0.3) is 0 Å². The van der Waals surface area contributed by atoms with Crippen LogP contribution < -0.4 is 15.4 Å². The number of urea groups is 1. The van der Waals surface area contributed by atoms with Crippen molar-refractivity contribution in [2.45, 2.75) is 38.3 Å². The maximum absolute atomic E-state index is 13.5. The second-order valence-electron chi connectivity index (χ2n) is 10.8. The Hall–Kier alpha value is -3.07. The van der Waals surface area contributed by atoms with Crippen molar-refractivity contribution in [2.75, 3.05) is 38.6 Å². The number of nitrogens with one attached hydrogen (secondary N) is 2. The summed E-state index contributed by atoms with van der Waals surface area (Å²) in [7, 11) is 1.59. The first-order valence-electron chi connectivity index (χ1n) is 14.0. The van der Waals surface area contributed by atoms with Gasteiger partial charge < -0.3 is 25.2 Å². The van der Waals surface area contributed by atoms with Crippen LogP contribution >= 0.6 is 28.3 Å². The van der Waals surface area contributed by atoms with E-state index in [9.17, 15) is 9.59 Å². The summed E-state index contributed by atoms with van der Waals surface area (Å²) in [6.45, 7) is 4.15. The van der Waals surface area contributed by atoms with E-state index in [1.165, 1.54) is 5.56 Å². The van der Waals surface area contributed by atoms with Crippen molar-refractivity contribution < 1.29 is 14.3 Å². The molecule has 0 radical (unpaired) electrons. The van der Waals surface area contributed by atoms with Crippen molar-refractivity contribution in [2.24, 2.45) is 5.41 Å². The Labute approximate surface area is 257 Å². The number of carbonyl (C=O) groups excluding carboxylic acids is 2. The smallest absolute Gasteiger partial charge is 0.319 e. The molecule has 5 rings (SSSR count). The van der Waals surface area contributed by atoms with Crippen molar-refractivity contribution in [3.8, 4) is 5.75 Å². The van der Waals surface area contributed by atoms with Crippen LogP contribution in [0, 0.1) is 5.41 Å². The van der Waals surface area contributed by atoms with Gasteiger partial charge in [0, 0.05) is 24.1 Å². The third-order valence-corrected chi connectivity index (χ3v) is 8.83. The number of amides is 3. The number of rotatable bonds is 9. The molecular weight excluding hydrogens is 604 g/mol. The summed E-state index contributed by atoms with van der Waals surface area (Å²) in [5.41, 5.74) is 2.64. The average Bonchev–Trinajstić information content (AvgIpc) is 3.27. The third kappa shape index (κ3) is 7.61. The predicted molar refractivity (Wildman–Crippen MR) is 168 cm³/mol. The molecule has 2 N–H and O–H groups in total. The molecule has 1 atom stereocenters. The van der Waals surface area contributed by atoms with E-state index in [0.29, 0.717) is 23.9 Å². The normalized spacial score (nSPS) is 17.1. The van der Waals surface area contributed by atoms with Crippen molar-refractivity contribution in [1.82, 2.24) is 15.1 Å². The monoisotopic (exact) mass is 640 g/mol. The highest BCUT2D eigenvalue weighted by atomic mass is 79.9. The zero-order chi connectivity index (χ0) is 28.0. The van der Waals surface area contributed by atoms with E-state index in [4.69, 9.17) is 4.74 Å². The van der Waals surface area contributed by atoms with Gasteiger partial charge in [0.1, 0.15) is 5.75 Å². The fourth-order valence-corrected chi connectivity index (χ4v) is 6.17. The predicted octanol–water partition coefficient (Wildman–Crippen LogP) is 6.65. The molecule has 7 nitrogen and oxygen atoms in total.